The van der Waals surface area contributed by atoms with E-state index < -0.39 is 11.8 Å². The summed E-state index contributed by atoms with van der Waals surface area (Å²) in [5.74, 6) is -0.847. The van der Waals surface area contributed by atoms with E-state index in [1.807, 2.05) is 30.3 Å². The van der Waals surface area contributed by atoms with E-state index in [0.717, 1.165) is 15.2 Å². The van der Waals surface area contributed by atoms with E-state index in [9.17, 15) is 14.4 Å². The van der Waals surface area contributed by atoms with Crippen LogP contribution in [0, 0.1) is 0 Å². The van der Waals surface area contributed by atoms with E-state index in [1.165, 1.54) is 0 Å². The summed E-state index contributed by atoms with van der Waals surface area (Å²) in [5, 5.41) is 7.31. The van der Waals surface area contributed by atoms with Crippen molar-refractivity contribution in [2.24, 2.45) is 0 Å². The molecule has 3 aromatic carbocycles. The Morgan fingerprint density at radius 2 is 1.59 bits per heavy atom. The molecule has 3 aromatic rings. The van der Waals surface area contributed by atoms with Crippen molar-refractivity contribution in [2.45, 2.75) is 12.8 Å². The smallest absolute Gasteiger partial charge is 0.264 e. The van der Waals surface area contributed by atoms with Gasteiger partial charge in [-0.25, -0.2) is 0 Å². The molecular weight excluding hydrogens is 544 g/mol. The number of ether oxygens (including phenoxy) is 1. The summed E-state index contributed by atoms with van der Waals surface area (Å²) in [4.78, 5) is 36.0. The Bertz CT molecular complexity index is 1240. The van der Waals surface area contributed by atoms with Gasteiger partial charge in [0.2, 0.25) is 11.8 Å². The van der Waals surface area contributed by atoms with E-state index in [-0.39, 0.29) is 30.5 Å². The first-order valence-electron chi connectivity index (χ1n) is 10.1. The number of fused-ring (bicyclic) bond motifs is 1. The summed E-state index contributed by atoms with van der Waals surface area (Å²) < 4.78 is 6.31. The van der Waals surface area contributed by atoms with Crippen LogP contribution in [-0.4, -0.2) is 29.4 Å². The number of hydrogen-bond donors (Lipinski definition) is 4. The van der Waals surface area contributed by atoms with E-state index >= 15 is 0 Å². The fourth-order valence-corrected chi connectivity index (χ4v) is 3.81. The van der Waals surface area contributed by atoms with Crippen molar-refractivity contribution in [2.75, 3.05) is 11.9 Å². The zero-order chi connectivity index (χ0) is 24.5. The van der Waals surface area contributed by atoms with E-state index in [1.54, 1.807) is 30.3 Å². The molecule has 3 amide bonds. The van der Waals surface area contributed by atoms with Crippen molar-refractivity contribution in [1.29, 1.82) is 0 Å². The summed E-state index contributed by atoms with van der Waals surface area (Å²) in [6.07, 6.45) is -0.161. The van der Waals surface area contributed by atoms with Crippen molar-refractivity contribution in [3.8, 4) is 5.75 Å². The highest BCUT2D eigenvalue weighted by atomic mass is 79.9. The van der Waals surface area contributed by atoms with Crippen LogP contribution < -0.4 is 26.2 Å². The summed E-state index contributed by atoms with van der Waals surface area (Å²) in [7, 11) is 0. The number of rotatable bonds is 7. The molecule has 4 N–H and O–H groups in total. The van der Waals surface area contributed by atoms with E-state index in [0.29, 0.717) is 16.5 Å². The minimum atomic E-state index is -0.508. The molecule has 0 saturated heterocycles. The lowest BCUT2D eigenvalue weighted by Gasteiger charge is -2.12. The lowest BCUT2D eigenvalue weighted by atomic mass is 10.1. The van der Waals surface area contributed by atoms with E-state index in [2.05, 4.69) is 37.4 Å². The first kappa shape index (κ1) is 25.4. The van der Waals surface area contributed by atoms with Gasteiger partial charge in [-0.3, -0.25) is 30.6 Å². The van der Waals surface area contributed by atoms with Crippen molar-refractivity contribution >= 4 is 79.0 Å². The second kappa shape index (κ2) is 12.3. The molecule has 0 bridgehead atoms. The summed E-state index contributed by atoms with van der Waals surface area (Å²) in [6, 6.07) is 18.2. The third-order valence-corrected chi connectivity index (χ3v) is 5.83. The molecule has 0 aliphatic heterocycles. The second-order valence-electron chi connectivity index (χ2n) is 6.97. The predicted molar refractivity (Wildman–Crippen MR) is 138 cm³/mol. The number of halogens is 2. The van der Waals surface area contributed by atoms with Crippen LogP contribution >= 0.6 is 39.7 Å². The minimum absolute atomic E-state index is 0.0632. The van der Waals surface area contributed by atoms with Gasteiger partial charge in [0, 0.05) is 12.8 Å². The summed E-state index contributed by atoms with van der Waals surface area (Å²) in [5.41, 5.74) is 5.20. The molecule has 0 aromatic heterocycles. The molecule has 176 valence electrons. The number of benzene rings is 3. The molecule has 8 nitrogen and oxygen atoms in total. The molecule has 0 aliphatic rings. The molecule has 0 atom stereocenters. The molecule has 0 aliphatic carbocycles. The van der Waals surface area contributed by atoms with Gasteiger partial charge in [-0.1, -0.05) is 54.1 Å². The van der Waals surface area contributed by atoms with Crippen molar-refractivity contribution in [3.63, 3.8) is 0 Å². The Labute approximate surface area is 214 Å². The van der Waals surface area contributed by atoms with Gasteiger partial charge in [-0.15, -0.1) is 0 Å². The number of anilines is 1. The zero-order valence-electron chi connectivity index (χ0n) is 17.7. The average molecular weight is 564 g/mol. The standard InChI is InChI=1S/C23H20BrClN4O4S/c24-22-15-6-2-1-5-14(15)9-10-18(22)33-13-21(32)27-23(34)29-28-20(31)12-11-19(30)26-17-8-4-3-7-16(17)25/h1-10H,11-13H2,(H,26,30)(H,28,31)(H2,27,29,32,34). The van der Waals surface area contributed by atoms with Crippen LogP contribution in [0.4, 0.5) is 5.69 Å². The summed E-state index contributed by atoms with van der Waals surface area (Å²) >= 11 is 14.5. The Morgan fingerprint density at radius 3 is 2.38 bits per heavy atom. The third kappa shape index (κ3) is 7.41. The van der Waals surface area contributed by atoms with Crippen molar-refractivity contribution < 1.29 is 19.1 Å². The van der Waals surface area contributed by atoms with Crippen LogP contribution in [-0.2, 0) is 14.4 Å². The average Bonchev–Trinajstić information content (AvgIpc) is 2.82. The number of thiocarbonyl (C=S) groups is 1. The van der Waals surface area contributed by atoms with Gasteiger partial charge in [-0.2, -0.15) is 0 Å². The van der Waals surface area contributed by atoms with Crippen molar-refractivity contribution in [1.82, 2.24) is 16.2 Å². The molecular formula is C23H20BrClN4O4S. The summed E-state index contributed by atoms with van der Waals surface area (Å²) in [6.45, 7) is -0.283. The minimum Gasteiger partial charge on any atom is -0.483 e. The zero-order valence-corrected chi connectivity index (χ0v) is 20.9. The number of nitrogens with one attached hydrogen (secondary N) is 4. The van der Waals surface area contributed by atoms with Gasteiger partial charge in [0.15, 0.2) is 11.7 Å². The molecule has 0 unspecified atom stereocenters. The lowest BCUT2D eigenvalue weighted by molar-refractivity contribution is -0.125. The first-order valence-corrected chi connectivity index (χ1v) is 11.6. The van der Waals surface area contributed by atoms with Gasteiger partial charge in [0.05, 0.1) is 15.2 Å². The predicted octanol–water partition coefficient (Wildman–Crippen LogP) is 4.08. The largest absolute Gasteiger partial charge is 0.483 e. The Balaban J connectivity index is 1.36. The molecule has 0 radical (unpaired) electrons. The molecule has 0 spiro atoms. The van der Waals surface area contributed by atoms with Gasteiger partial charge in [0.1, 0.15) is 5.75 Å². The maximum Gasteiger partial charge on any atom is 0.264 e. The van der Waals surface area contributed by atoms with Gasteiger partial charge < -0.3 is 10.1 Å². The first-order chi connectivity index (χ1) is 16.3. The van der Waals surface area contributed by atoms with Crippen LogP contribution in [0.1, 0.15) is 12.8 Å². The molecule has 0 saturated carbocycles. The highest BCUT2D eigenvalue weighted by molar-refractivity contribution is 9.10. The van der Waals surface area contributed by atoms with Crippen LogP contribution in [0.5, 0.6) is 5.75 Å². The topological polar surface area (TPSA) is 109 Å². The van der Waals surface area contributed by atoms with Crippen LogP contribution in [0.3, 0.4) is 0 Å². The SMILES string of the molecule is O=C(CCC(=O)Nc1ccccc1Cl)NNC(=S)NC(=O)COc1ccc2ccccc2c1Br. The number of hydrazine groups is 1. The number of carbonyl (C=O) groups is 3. The van der Waals surface area contributed by atoms with Crippen LogP contribution in [0.15, 0.2) is 65.1 Å². The molecule has 3 rings (SSSR count). The molecule has 0 heterocycles. The fraction of sp³-hybridized carbons (Fsp3) is 0.130. The maximum absolute atomic E-state index is 12.1. The lowest BCUT2D eigenvalue weighted by Crippen LogP contribution is -2.49. The quantitative estimate of drug-likeness (QED) is 0.255. The fourth-order valence-electron chi connectivity index (χ4n) is 2.85. The van der Waals surface area contributed by atoms with Crippen LogP contribution in [0.25, 0.3) is 10.8 Å². The monoisotopic (exact) mass is 562 g/mol. The number of hydrogen-bond acceptors (Lipinski definition) is 5. The highest BCUT2D eigenvalue weighted by Crippen LogP contribution is 2.32. The Morgan fingerprint density at radius 1 is 0.882 bits per heavy atom. The number of para-hydroxylation sites is 1. The van der Waals surface area contributed by atoms with Gasteiger partial charge >= 0.3 is 0 Å². The van der Waals surface area contributed by atoms with Crippen LogP contribution in [0.2, 0.25) is 5.02 Å². The van der Waals surface area contributed by atoms with Crippen molar-refractivity contribution in [3.05, 3.63) is 70.2 Å². The van der Waals surface area contributed by atoms with Gasteiger partial charge in [0.25, 0.3) is 5.91 Å². The molecule has 11 heteroatoms. The Hall–Kier alpha value is -3.21. The normalized spacial score (nSPS) is 10.3. The second-order valence-corrected chi connectivity index (χ2v) is 8.57. The highest BCUT2D eigenvalue weighted by Gasteiger charge is 2.12. The molecule has 34 heavy (non-hydrogen) atoms. The Kier molecular flexibility index (Phi) is 9.20. The molecule has 0 fully saturated rings. The number of carbonyl (C=O) groups excluding carboxylic acids is 3. The van der Waals surface area contributed by atoms with E-state index in [4.69, 9.17) is 28.6 Å². The van der Waals surface area contributed by atoms with Gasteiger partial charge in [-0.05, 0) is 57.1 Å². The number of amides is 3. The maximum atomic E-state index is 12.1. The third-order valence-electron chi connectivity index (χ3n) is 4.48.